The van der Waals surface area contributed by atoms with E-state index >= 15 is 0 Å². The Hall–Kier alpha value is -3.28. The van der Waals surface area contributed by atoms with Crippen molar-refractivity contribution >= 4 is 17.5 Å². The smallest absolute Gasteiger partial charge is 0.305 e. The minimum Gasteiger partial charge on any atom is -0.382 e. The predicted molar refractivity (Wildman–Crippen MR) is 67.6 cm³/mol. The lowest BCUT2D eigenvalue weighted by Gasteiger charge is -2.06. The lowest BCUT2D eigenvalue weighted by molar-refractivity contribution is -0.387. The van der Waals surface area contributed by atoms with Crippen molar-refractivity contribution in [3.05, 3.63) is 39.7 Å². The Morgan fingerprint density at radius 2 is 2.05 bits per heavy atom. The van der Waals surface area contributed by atoms with Crippen LogP contribution in [0.25, 0.3) is 11.3 Å². The summed E-state index contributed by atoms with van der Waals surface area (Å²) in [7, 11) is 0. The zero-order chi connectivity index (χ0) is 14.9. The van der Waals surface area contributed by atoms with Crippen molar-refractivity contribution in [1.82, 2.24) is 9.97 Å². The number of nitrogens with two attached hydrogens (primary N) is 2. The van der Waals surface area contributed by atoms with Gasteiger partial charge in [0.05, 0.1) is 10.6 Å². The zero-order valence-corrected chi connectivity index (χ0v) is 9.87. The van der Waals surface area contributed by atoms with E-state index in [2.05, 4.69) is 9.97 Å². The van der Waals surface area contributed by atoms with Crippen molar-refractivity contribution in [3.8, 4) is 17.3 Å². The fourth-order valence-corrected chi connectivity index (χ4v) is 1.62. The summed E-state index contributed by atoms with van der Waals surface area (Å²) in [5, 5.41) is 19.7. The lowest BCUT2D eigenvalue weighted by Crippen LogP contribution is -2.05. The molecule has 1 aromatic heterocycles. The van der Waals surface area contributed by atoms with Crippen LogP contribution in [0.3, 0.4) is 0 Å². The Bertz CT molecular complexity index is 755. The maximum atomic E-state index is 13.3. The average Bonchev–Trinajstić information content (AvgIpc) is 2.38. The number of nitrogens with zero attached hydrogens (tertiary/aromatic N) is 4. The normalized spacial score (nSPS) is 10.0. The van der Waals surface area contributed by atoms with E-state index in [-0.39, 0.29) is 28.6 Å². The number of nitro benzene ring substituents is 1. The summed E-state index contributed by atoms with van der Waals surface area (Å²) in [5.74, 6) is -1.34. The molecule has 0 bridgehead atoms. The molecule has 9 heteroatoms. The molecule has 20 heavy (non-hydrogen) atoms. The van der Waals surface area contributed by atoms with Gasteiger partial charge in [-0.15, -0.1) is 0 Å². The standard InChI is InChI=1S/C11H7FN6O2/c12-7-2-1-5(3-8(7)18(19)20)9-6(4-13)10(14)17-11(15)16-9/h1-3H,(H4,14,15,16,17). The van der Waals surface area contributed by atoms with Crippen LogP contribution in [0.2, 0.25) is 0 Å². The van der Waals surface area contributed by atoms with Gasteiger partial charge in [0.1, 0.15) is 17.5 Å². The molecule has 0 radical (unpaired) electrons. The largest absolute Gasteiger partial charge is 0.382 e. The number of hydrogen-bond donors (Lipinski definition) is 2. The molecule has 2 aromatic rings. The molecule has 4 N–H and O–H groups in total. The number of halogens is 1. The van der Waals surface area contributed by atoms with E-state index in [1.54, 1.807) is 6.07 Å². The number of benzene rings is 1. The zero-order valence-electron chi connectivity index (χ0n) is 9.87. The molecule has 0 spiro atoms. The Morgan fingerprint density at radius 1 is 1.35 bits per heavy atom. The van der Waals surface area contributed by atoms with Gasteiger partial charge < -0.3 is 11.5 Å². The SMILES string of the molecule is N#Cc1c(N)nc(N)nc1-c1ccc(F)c([N+](=O)[O-])c1. The van der Waals surface area contributed by atoms with E-state index in [0.29, 0.717) is 0 Å². The van der Waals surface area contributed by atoms with Gasteiger partial charge in [0.15, 0.2) is 0 Å². The van der Waals surface area contributed by atoms with Crippen LogP contribution in [-0.2, 0) is 0 Å². The first-order valence-corrected chi connectivity index (χ1v) is 5.21. The number of nitrogen functional groups attached to an aromatic ring is 2. The third-order valence-electron chi connectivity index (χ3n) is 2.48. The van der Waals surface area contributed by atoms with Gasteiger partial charge in [-0.25, -0.2) is 4.98 Å². The summed E-state index contributed by atoms with van der Waals surface area (Å²) in [6.07, 6.45) is 0. The molecule has 1 heterocycles. The van der Waals surface area contributed by atoms with Gasteiger partial charge in [-0.3, -0.25) is 10.1 Å². The monoisotopic (exact) mass is 274 g/mol. The lowest BCUT2D eigenvalue weighted by atomic mass is 10.1. The van der Waals surface area contributed by atoms with E-state index in [4.69, 9.17) is 16.7 Å². The van der Waals surface area contributed by atoms with Crippen LogP contribution < -0.4 is 11.5 Å². The minimum absolute atomic E-state index is 0.0144. The first kappa shape index (κ1) is 13.2. The maximum absolute atomic E-state index is 13.3. The molecule has 0 saturated carbocycles. The topological polar surface area (TPSA) is 145 Å². The third-order valence-corrected chi connectivity index (χ3v) is 2.48. The van der Waals surface area contributed by atoms with Crippen LogP contribution in [-0.4, -0.2) is 14.9 Å². The molecule has 1 aromatic carbocycles. The number of nitriles is 1. The molecule has 0 fully saturated rings. The fraction of sp³-hybridized carbons (Fsp3) is 0. The first-order chi connectivity index (χ1) is 9.43. The second kappa shape index (κ2) is 4.77. The highest BCUT2D eigenvalue weighted by atomic mass is 19.1. The molecule has 2 rings (SSSR count). The number of anilines is 2. The highest BCUT2D eigenvalue weighted by molar-refractivity contribution is 5.74. The van der Waals surface area contributed by atoms with Crippen LogP contribution in [0.5, 0.6) is 0 Å². The van der Waals surface area contributed by atoms with Crippen LogP contribution in [0.4, 0.5) is 21.8 Å². The molecule has 0 unspecified atom stereocenters. The Balaban J connectivity index is 2.72. The van der Waals surface area contributed by atoms with Crippen molar-refractivity contribution in [2.45, 2.75) is 0 Å². The Labute approximate surface area is 111 Å². The molecule has 0 aliphatic rings. The van der Waals surface area contributed by atoms with Crippen LogP contribution in [0, 0.1) is 27.3 Å². The summed E-state index contributed by atoms with van der Waals surface area (Å²) in [6, 6.07) is 4.89. The number of hydrogen-bond acceptors (Lipinski definition) is 7. The highest BCUT2D eigenvalue weighted by Crippen LogP contribution is 2.29. The molecule has 0 saturated heterocycles. The predicted octanol–water partition coefficient (Wildman–Crippen LogP) is 1.23. The molecule has 0 aliphatic carbocycles. The molecule has 0 atom stereocenters. The summed E-state index contributed by atoms with van der Waals surface area (Å²) in [4.78, 5) is 17.3. The molecule has 0 aliphatic heterocycles. The van der Waals surface area contributed by atoms with E-state index < -0.39 is 16.4 Å². The van der Waals surface area contributed by atoms with E-state index in [1.165, 1.54) is 6.07 Å². The molecule has 8 nitrogen and oxygen atoms in total. The number of nitro groups is 1. The Kier molecular flexibility index (Phi) is 3.14. The second-order valence-corrected chi connectivity index (χ2v) is 3.73. The number of rotatable bonds is 2. The van der Waals surface area contributed by atoms with E-state index in [9.17, 15) is 14.5 Å². The van der Waals surface area contributed by atoms with Gasteiger partial charge in [0.2, 0.25) is 11.8 Å². The highest BCUT2D eigenvalue weighted by Gasteiger charge is 2.19. The molecule has 100 valence electrons. The molecule has 0 amide bonds. The van der Waals surface area contributed by atoms with Crippen LogP contribution in [0.1, 0.15) is 5.56 Å². The van der Waals surface area contributed by atoms with Crippen molar-refractivity contribution in [2.24, 2.45) is 0 Å². The summed E-state index contributed by atoms with van der Waals surface area (Å²) < 4.78 is 13.3. The summed E-state index contributed by atoms with van der Waals surface area (Å²) in [6.45, 7) is 0. The van der Waals surface area contributed by atoms with Crippen molar-refractivity contribution in [1.29, 1.82) is 5.26 Å². The van der Waals surface area contributed by atoms with Gasteiger partial charge in [-0.2, -0.15) is 14.6 Å². The van der Waals surface area contributed by atoms with Gasteiger partial charge >= 0.3 is 5.69 Å². The maximum Gasteiger partial charge on any atom is 0.305 e. The van der Waals surface area contributed by atoms with Crippen LogP contribution >= 0.6 is 0 Å². The van der Waals surface area contributed by atoms with E-state index in [0.717, 1.165) is 12.1 Å². The third kappa shape index (κ3) is 2.17. The van der Waals surface area contributed by atoms with Gasteiger partial charge in [-0.1, -0.05) is 0 Å². The molecular formula is C11H7FN6O2. The summed E-state index contributed by atoms with van der Waals surface area (Å²) >= 11 is 0. The van der Waals surface area contributed by atoms with Crippen molar-refractivity contribution in [3.63, 3.8) is 0 Å². The van der Waals surface area contributed by atoms with Gasteiger partial charge in [0.25, 0.3) is 0 Å². The van der Waals surface area contributed by atoms with Crippen LogP contribution in [0.15, 0.2) is 18.2 Å². The molecular weight excluding hydrogens is 267 g/mol. The van der Waals surface area contributed by atoms with Gasteiger partial charge in [0, 0.05) is 11.6 Å². The minimum atomic E-state index is -0.993. The average molecular weight is 274 g/mol. The van der Waals surface area contributed by atoms with Crippen molar-refractivity contribution < 1.29 is 9.31 Å². The Morgan fingerprint density at radius 3 is 2.65 bits per heavy atom. The van der Waals surface area contributed by atoms with E-state index in [1.807, 2.05) is 0 Å². The quantitative estimate of drug-likeness (QED) is 0.618. The second-order valence-electron chi connectivity index (χ2n) is 3.73. The summed E-state index contributed by atoms with van der Waals surface area (Å²) in [5.41, 5.74) is 10.3. The van der Waals surface area contributed by atoms with Gasteiger partial charge in [-0.05, 0) is 12.1 Å². The first-order valence-electron chi connectivity index (χ1n) is 5.21. The fourth-order valence-electron chi connectivity index (χ4n) is 1.62. The number of aromatic nitrogens is 2. The van der Waals surface area contributed by atoms with Crippen molar-refractivity contribution in [2.75, 3.05) is 11.5 Å².